The van der Waals surface area contributed by atoms with Gasteiger partial charge in [0.15, 0.2) is 0 Å². The van der Waals surface area contributed by atoms with Crippen LogP contribution >= 0.6 is 11.3 Å². The number of esters is 1. The molecule has 100 valence electrons. The number of hydrogen-bond acceptors (Lipinski definition) is 6. The van der Waals surface area contributed by atoms with Gasteiger partial charge in [-0.25, -0.2) is 9.97 Å². The van der Waals surface area contributed by atoms with Gasteiger partial charge < -0.3 is 9.84 Å². The van der Waals surface area contributed by atoms with Crippen molar-refractivity contribution in [2.75, 3.05) is 6.61 Å². The van der Waals surface area contributed by atoms with Crippen LogP contribution in [0.4, 0.5) is 0 Å². The van der Waals surface area contributed by atoms with Crippen LogP contribution in [0.2, 0.25) is 0 Å². The molecular weight excluding hydrogens is 264 g/mol. The first-order valence-electron chi connectivity index (χ1n) is 6.31. The van der Waals surface area contributed by atoms with E-state index < -0.39 is 0 Å². The minimum atomic E-state index is -0.184. The molecule has 2 heterocycles. The van der Waals surface area contributed by atoms with Crippen molar-refractivity contribution >= 4 is 27.5 Å². The maximum atomic E-state index is 11.6. The molecule has 1 unspecified atom stereocenters. The van der Waals surface area contributed by atoms with E-state index in [-0.39, 0.29) is 17.8 Å². The predicted molar refractivity (Wildman–Crippen MR) is 71.4 cm³/mol. The predicted octanol–water partition coefficient (Wildman–Crippen LogP) is 2.38. The molecule has 0 bridgehead atoms. The number of ether oxygens (including phenoxy) is 1. The third kappa shape index (κ3) is 2.06. The number of rotatable bonds is 3. The Balaban J connectivity index is 1.99. The standard InChI is InChI=1S/C13H14N2O3S/c1-2-18-9(16)5-7-3-4-8-10(7)11-12(17)14-6-15-13(11)19-8/h6-7H,2-5H2,1H3,(H,14,15,17). The summed E-state index contributed by atoms with van der Waals surface area (Å²) in [4.78, 5) is 21.7. The van der Waals surface area contributed by atoms with Gasteiger partial charge in [0.1, 0.15) is 11.2 Å². The molecule has 0 spiro atoms. The van der Waals surface area contributed by atoms with Crippen molar-refractivity contribution in [3.8, 4) is 5.88 Å². The zero-order valence-electron chi connectivity index (χ0n) is 10.5. The second kappa shape index (κ2) is 4.77. The van der Waals surface area contributed by atoms with Crippen LogP contribution in [0.25, 0.3) is 10.2 Å². The third-order valence-electron chi connectivity index (χ3n) is 3.43. The van der Waals surface area contributed by atoms with Crippen LogP contribution in [-0.2, 0) is 16.0 Å². The average molecular weight is 278 g/mol. The zero-order valence-corrected chi connectivity index (χ0v) is 11.4. The van der Waals surface area contributed by atoms with Crippen molar-refractivity contribution in [3.05, 3.63) is 16.8 Å². The fraction of sp³-hybridized carbons (Fsp3) is 0.462. The Hall–Kier alpha value is -1.69. The molecule has 1 atom stereocenters. The van der Waals surface area contributed by atoms with Crippen molar-refractivity contribution in [1.29, 1.82) is 0 Å². The highest BCUT2D eigenvalue weighted by atomic mass is 32.1. The lowest BCUT2D eigenvalue weighted by atomic mass is 9.97. The highest BCUT2D eigenvalue weighted by Crippen LogP contribution is 2.46. The monoisotopic (exact) mass is 278 g/mol. The van der Waals surface area contributed by atoms with E-state index in [1.807, 2.05) is 0 Å². The summed E-state index contributed by atoms with van der Waals surface area (Å²) >= 11 is 1.58. The summed E-state index contributed by atoms with van der Waals surface area (Å²) in [6.07, 6.45) is 3.58. The molecule has 1 N–H and O–H groups in total. The molecule has 19 heavy (non-hydrogen) atoms. The quantitative estimate of drug-likeness (QED) is 0.873. The van der Waals surface area contributed by atoms with Crippen LogP contribution < -0.4 is 0 Å². The van der Waals surface area contributed by atoms with Gasteiger partial charge >= 0.3 is 5.97 Å². The summed E-state index contributed by atoms with van der Waals surface area (Å²) < 4.78 is 5.01. The van der Waals surface area contributed by atoms with Gasteiger partial charge in [-0.05, 0) is 31.2 Å². The zero-order chi connectivity index (χ0) is 13.4. The summed E-state index contributed by atoms with van der Waals surface area (Å²) in [6, 6.07) is 0. The van der Waals surface area contributed by atoms with Gasteiger partial charge in [-0.3, -0.25) is 4.79 Å². The average Bonchev–Trinajstić information content (AvgIpc) is 2.90. The first-order valence-corrected chi connectivity index (χ1v) is 7.13. The Morgan fingerprint density at radius 1 is 1.58 bits per heavy atom. The van der Waals surface area contributed by atoms with Crippen molar-refractivity contribution in [3.63, 3.8) is 0 Å². The number of hydrogen-bond donors (Lipinski definition) is 1. The first-order chi connectivity index (χ1) is 9.20. The molecule has 0 saturated carbocycles. The molecule has 6 heteroatoms. The number of thiophene rings is 1. The summed E-state index contributed by atoms with van der Waals surface area (Å²) in [5.74, 6) is -0.0611. The largest absolute Gasteiger partial charge is 0.493 e. The molecular formula is C13H14N2O3S. The molecule has 1 aliphatic rings. The first kappa shape index (κ1) is 12.3. The summed E-state index contributed by atoms with van der Waals surface area (Å²) in [7, 11) is 0. The highest BCUT2D eigenvalue weighted by Gasteiger charge is 2.31. The molecule has 2 aromatic heterocycles. The summed E-state index contributed by atoms with van der Waals surface area (Å²) in [5.41, 5.74) is 1.05. The van der Waals surface area contributed by atoms with Crippen molar-refractivity contribution in [2.45, 2.75) is 32.1 Å². The van der Waals surface area contributed by atoms with Gasteiger partial charge in [-0.2, -0.15) is 0 Å². The number of aromatic hydroxyl groups is 1. The minimum Gasteiger partial charge on any atom is -0.493 e. The van der Waals surface area contributed by atoms with Gasteiger partial charge in [0.25, 0.3) is 0 Å². The molecule has 0 radical (unpaired) electrons. The Kier molecular flexibility index (Phi) is 3.10. The molecule has 1 aliphatic carbocycles. The van der Waals surface area contributed by atoms with Gasteiger partial charge in [0.2, 0.25) is 5.88 Å². The lowest BCUT2D eigenvalue weighted by molar-refractivity contribution is -0.143. The van der Waals surface area contributed by atoms with E-state index in [2.05, 4.69) is 9.97 Å². The van der Waals surface area contributed by atoms with Gasteiger partial charge in [-0.1, -0.05) is 0 Å². The molecule has 0 saturated heterocycles. The molecule has 2 aromatic rings. The maximum absolute atomic E-state index is 11.6. The second-order valence-corrected chi connectivity index (χ2v) is 5.64. The maximum Gasteiger partial charge on any atom is 0.306 e. The van der Waals surface area contributed by atoms with E-state index in [9.17, 15) is 9.90 Å². The number of carbonyl (C=O) groups excluding carboxylic acids is 1. The van der Waals surface area contributed by atoms with Crippen LogP contribution in [0, 0.1) is 0 Å². The molecule has 3 rings (SSSR count). The number of aryl methyl sites for hydroxylation is 1. The van der Waals surface area contributed by atoms with Crippen LogP contribution in [0.1, 0.15) is 36.1 Å². The van der Waals surface area contributed by atoms with E-state index >= 15 is 0 Å². The smallest absolute Gasteiger partial charge is 0.306 e. The van der Waals surface area contributed by atoms with Crippen molar-refractivity contribution in [2.24, 2.45) is 0 Å². The third-order valence-corrected chi connectivity index (χ3v) is 4.60. The van der Waals surface area contributed by atoms with Crippen molar-refractivity contribution in [1.82, 2.24) is 9.97 Å². The Bertz CT molecular complexity index is 638. The minimum absolute atomic E-state index is 0.0123. The Labute approximate surface area is 114 Å². The van der Waals surface area contributed by atoms with E-state index in [0.717, 1.165) is 23.2 Å². The number of carbonyl (C=O) groups is 1. The Morgan fingerprint density at radius 2 is 2.42 bits per heavy atom. The summed E-state index contributed by atoms with van der Waals surface area (Å²) in [5, 5.41) is 10.6. The molecule has 0 aromatic carbocycles. The normalized spacial score (nSPS) is 17.6. The Morgan fingerprint density at radius 3 is 3.21 bits per heavy atom. The number of nitrogens with zero attached hydrogens (tertiary/aromatic N) is 2. The van der Waals surface area contributed by atoms with E-state index in [1.165, 1.54) is 11.2 Å². The van der Waals surface area contributed by atoms with E-state index in [0.29, 0.717) is 18.4 Å². The fourth-order valence-corrected chi connectivity index (χ4v) is 3.91. The lowest BCUT2D eigenvalue weighted by Gasteiger charge is -2.10. The number of fused-ring (bicyclic) bond motifs is 3. The molecule has 0 amide bonds. The van der Waals surface area contributed by atoms with E-state index in [4.69, 9.17) is 4.74 Å². The van der Waals surface area contributed by atoms with Gasteiger partial charge in [0, 0.05) is 4.88 Å². The number of aromatic nitrogens is 2. The molecule has 0 aliphatic heterocycles. The van der Waals surface area contributed by atoms with Gasteiger partial charge in [-0.15, -0.1) is 11.3 Å². The fourth-order valence-electron chi connectivity index (χ4n) is 2.68. The topological polar surface area (TPSA) is 72.3 Å². The van der Waals surface area contributed by atoms with Crippen LogP contribution in [-0.4, -0.2) is 27.7 Å². The lowest BCUT2D eigenvalue weighted by Crippen LogP contribution is -2.08. The molecule has 0 fully saturated rings. The second-order valence-electron chi connectivity index (χ2n) is 4.56. The van der Waals surface area contributed by atoms with Gasteiger partial charge in [0.05, 0.1) is 18.4 Å². The SMILES string of the molecule is CCOC(=O)CC1CCc2sc3ncnc(O)c3c21. The van der Waals surface area contributed by atoms with E-state index in [1.54, 1.807) is 18.3 Å². The van der Waals surface area contributed by atoms with Crippen LogP contribution in [0.5, 0.6) is 5.88 Å². The van der Waals surface area contributed by atoms with Crippen LogP contribution in [0.3, 0.4) is 0 Å². The molecule has 5 nitrogen and oxygen atoms in total. The van der Waals surface area contributed by atoms with Crippen molar-refractivity contribution < 1.29 is 14.6 Å². The van der Waals surface area contributed by atoms with Crippen LogP contribution in [0.15, 0.2) is 6.33 Å². The summed E-state index contributed by atoms with van der Waals surface area (Å²) in [6.45, 7) is 2.20. The highest BCUT2D eigenvalue weighted by molar-refractivity contribution is 7.19.